The van der Waals surface area contributed by atoms with Gasteiger partial charge in [-0.2, -0.15) is 8.42 Å². The number of hydrogen-bond donors (Lipinski definition) is 3. The maximum Gasteiger partial charge on any atom is 0.267 e. The number of carbonyl (C=O) groups is 1. The molecule has 268 valence electrons. The quantitative estimate of drug-likeness (QED) is 0.0368. The summed E-state index contributed by atoms with van der Waals surface area (Å²) in [6.07, 6.45) is 43.7. The lowest BCUT2D eigenvalue weighted by atomic mass is 10.1. The fourth-order valence-electron chi connectivity index (χ4n) is 5.40. The van der Waals surface area contributed by atoms with Crippen LogP contribution in [0.1, 0.15) is 174 Å². The first-order chi connectivity index (χ1) is 22.3. The lowest BCUT2D eigenvalue weighted by Gasteiger charge is -2.21. The van der Waals surface area contributed by atoms with Gasteiger partial charge in [0.25, 0.3) is 10.1 Å². The van der Waals surface area contributed by atoms with Crippen molar-refractivity contribution < 1.29 is 22.9 Å². The van der Waals surface area contributed by atoms with Crippen molar-refractivity contribution in [2.45, 2.75) is 187 Å². The van der Waals surface area contributed by atoms with Gasteiger partial charge in [-0.3, -0.25) is 9.35 Å². The molecule has 7 heteroatoms. The van der Waals surface area contributed by atoms with E-state index >= 15 is 0 Å². The molecule has 1 amide bonds. The normalized spacial score (nSPS) is 13.9. The van der Waals surface area contributed by atoms with Crippen molar-refractivity contribution in [3.8, 4) is 0 Å². The zero-order chi connectivity index (χ0) is 34.0. The summed E-state index contributed by atoms with van der Waals surface area (Å²) in [7, 11) is -4.34. The Hall–Kier alpha value is -1.70. The third-order valence-electron chi connectivity index (χ3n) is 8.25. The topological polar surface area (TPSA) is 104 Å². The van der Waals surface area contributed by atoms with Crippen LogP contribution in [0.25, 0.3) is 0 Å². The average Bonchev–Trinajstić information content (AvgIpc) is 3.01. The second-order valence-electron chi connectivity index (χ2n) is 12.9. The standard InChI is InChI=1S/C39H71NO5S/c1-3-5-7-9-11-13-15-17-18-19-20-21-22-23-25-27-29-31-33-35-39(42)40-37(36-46(43,44)45)38(41)34-32-30-28-26-24-16-14-12-10-8-6-4-2/h11,13,17-18,20-21,32,34,37-38,41H,3-10,12,14-16,19,22-31,33,35-36H2,1-2H3,(H,40,42)(H,43,44,45)/b13-11-,18-17-,21-20-,34-32+. The van der Waals surface area contributed by atoms with E-state index in [1.165, 1.54) is 89.9 Å². The van der Waals surface area contributed by atoms with Crippen molar-refractivity contribution in [3.05, 3.63) is 48.6 Å². The minimum atomic E-state index is -4.34. The van der Waals surface area contributed by atoms with Crippen molar-refractivity contribution in [2.24, 2.45) is 0 Å². The van der Waals surface area contributed by atoms with E-state index in [4.69, 9.17) is 0 Å². The number of rotatable bonds is 33. The van der Waals surface area contributed by atoms with Crippen LogP contribution in [0.15, 0.2) is 48.6 Å². The molecule has 0 aromatic heterocycles. The summed E-state index contributed by atoms with van der Waals surface area (Å²) >= 11 is 0. The summed E-state index contributed by atoms with van der Waals surface area (Å²) in [5.41, 5.74) is 0. The maximum atomic E-state index is 12.5. The second kappa shape index (κ2) is 33.2. The van der Waals surface area contributed by atoms with Crippen LogP contribution in [-0.2, 0) is 14.9 Å². The molecule has 0 rings (SSSR count). The molecule has 0 saturated carbocycles. The van der Waals surface area contributed by atoms with Crippen LogP contribution in [0.5, 0.6) is 0 Å². The molecule has 0 bridgehead atoms. The fraction of sp³-hybridized carbons (Fsp3) is 0.769. The molecule has 0 aliphatic heterocycles. The van der Waals surface area contributed by atoms with Gasteiger partial charge in [0.1, 0.15) is 0 Å². The van der Waals surface area contributed by atoms with Gasteiger partial charge in [0.2, 0.25) is 5.91 Å². The molecule has 0 fully saturated rings. The van der Waals surface area contributed by atoms with Crippen LogP contribution < -0.4 is 5.32 Å². The third-order valence-corrected chi connectivity index (χ3v) is 9.03. The van der Waals surface area contributed by atoms with E-state index in [1.807, 2.05) is 6.08 Å². The van der Waals surface area contributed by atoms with Gasteiger partial charge in [-0.15, -0.1) is 0 Å². The highest BCUT2D eigenvalue weighted by molar-refractivity contribution is 7.85. The predicted molar refractivity (Wildman–Crippen MR) is 198 cm³/mol. The van der Waals surface area contributed by atoms with Crippen LogP contribution in [0, 0.1) is 0 Å². The van der Waals surface area contributed by atoms with Crippen molar-refractivity contribution in [1.82, 2.24) is 5.32 Å². The Morgan fingerprint density at radius 3 is 1.48 bits per heavy atom. The monoisotopic (exact) mass is 666 g/mol. The highest BCUT2D eigenvalue weighted by Crippen LogP contribution is 2.13. The summed E-state index contributed by atoms with van der Waals surface area (Å²) in [6, 6.07) is -1.06. The second-order valence-corrected chi connectivity index (χ2v) is 14.4. The molecular formula is C39H71NO5S. The van der Waals surface area contributed by atoms with E-state index in [2.05, 4.69) is 55.6 Å². The Morgan fingerprint density at radius 1 is 0.587 bits per heavy atom. The van der Waals surface area contributed by atoms with E-state index in [1.54, 1.807) is 6.08 Å². The number of aliphatic hydroxyl groups excluding tert-OH is 1. The molecule has 0 aliphatic carbocycles. The number of unbranched alkanes of at least 4 members (excludes halogenated alkanes) is 19. The predicted octanol–water partition coefficient (Wildman–Crippen LogP) is 10.7. The molecule has 0 aromatic carbocycles. The van der Waals surface area contributed by atoms with E-state index in [0.29, 0.717) is 0 Å². The number of nitrogens with one attached hydrogen (secondary N) is 1. The SMILES string of the molecule is CCCCC/C=C\C/C=C\C/C=C\CCCCCCCCC(=O)NC(CS(=O)(=O)O)C(O)/C=C/CCCCCCCCCCCC. The smallest absolute Gasteiger partial charge is 0.267 e. The highest BCUT2D eigenvalue weighted by atomic mass is 32.2. The van der Waals surface area contributed by atoms with E-state index in [9.17, 15) is 22.9 Å². The lowest BCUT2D eigenvalue weighted by Crippen LogP contribution is -2.46. The lowest BCUT2D eigenvalue weighted by molar-refractivity contribution is -0.122. The molecule has 46 heavy (non-hydrogen) atoms. The molecule has 0 saturated heterocycles. The molecule has 2 unspecified atom stereocenters. The Labute approximate surface area is 284 Å². The summed E-state index contributed by atoms with van der Waals surface area (Å²) in [5.74, 6) is -0.998. The van der Waals surface area contributed by atoms with E-state index in [0.717, 1.165) is 64.2 Å². The van der Waals surface area contributed by atoms with Gasteiger partial charge in [-0.1, -0.05) is 159 Å². The van der Waals surface area contributed by atoms with Crippen LogP contribution >= 0.6 is 0 Å². The number of carbonyl (C=O) groups excluding carboxylic acids is 1. The van der Waals surface area contributed by atoms with Crippen LogP contribution in [0.3, 0.4) is 0 Å². The molecule has 0 spiro atoms. The molecule has 6 nitrogen and oxygen atoms in total. The largest absolute Gasteiger partial charge is 0.387 e. The van der Waals surface area contributed by atoms with Gasteiger partial charge in [-0.25, -0.2) is 0 Å². The average molecular weight is 666 g/mol. The van der Waals surface area contributed by atoms with E-state index in [-0.39, 0.29) is 12.3 Å². The van der Waals surface area contributed by atoms with Crippen molar-refractivity contribution in [3.63, 3.8) is 0 Å². The van der Waals surface area contributed by atoms with E-state index < -0.39 is 28.0 Å². The molecular weight excluding hydrogens is 594 g/mol. The fourth-order valence-corrected chi connectivity index (χ4v) is 6.13. The van der Waals surface area contributed by atoms with Crippen molar-refractivity contribution in [1.29, 1.82) is 0 Å². The Bertz CT molecular complexity index is 909. The summed E-state index contributed by atoms with van der Waals surface area (Å²) < 4.78 is 32.4. The number of aliphatic hydroxyl groups is 1. The Morgan fingerprint density at radius 2 is 0.978 bits per heavy atom. The minimum absolute atomic E-state index is 0.280. The zero-order valence-corrected chi connectivity index (χ0v) is 30.5. The first-order valence-electron chi connectivity index (χ1n) is 18.8. The molecule has 0 aromatic rings. The van der Waals surface area contributed by atoms with Crippen LogP contribution in [-0.4, -0.2) is 41.9 Å². The van der Waals surface area contributed by atoms with Gasteiger partial charge < -0.3 is 10.4 Å². The van der Waals surface area contributed by atoms with Gasteiger partial charge in [0.05, 0.1) is 17.9 Å². The van der Waals surface area contributed by atoms with Crippen molar-refractivity contribution in [2.75, 3.05) is 5.75 Å². The number of hydrogen-bond acceptors (Lipinski definition) is 4. The van der Waals surface area contributed by atoms with Gasteiger partial charge in [0, 0.05) is 6.42 Å². The number of allylic oxidation sites excluding steroid dienone is 7. The van der Waals surface area contributed by atoms with Crippen LogP contribution in [0.4, 0.5) is 0 Å². The number of amides is 1. The first-order valence-corrected chi connectivity index (χ1v) is 20.4. The highest BCUT2D eigenvalue weighted by Gasteiger charge is 2.24. The molecule has 2 atom stereocenters. The molecule has 0 aliphatic rings. The Kier molecular flexibility index (Phi) is 32.0. The first kappa shape index (κ1) is 44.3. The summed E-state index contributed by atoms with van der Waals surface area (Å²) in [6.45, 7) is 4.47. The van der Waals surface area contributed by atoms with Gasteiger partial charge >= 0.3 is 0 Å². The Balaban J connectivity index is 4.00. The van der Waals surface area contributed by atoms with Crippen LogP contribution in [0.2, 0.25) is 0 Å². The third kappa shape index (κ3) is 33.7. The molecule has 0 radical (unpaired) electrons. The summed E-state index contributed by atoms with van der Waals surface area (Å²) in [4.78, 5) is 12.5. The van der Waals surface area contributed by atoms with Gasteiger partial charge in [0.15, 0.2) is 0 Å². The minimum Gasteiger partial charge on any atom is -0.387 e. The van der Waals surface area contributed by atoms with Gasteiger partial charge in [-0.05, 0) is 57.8 Å². The molecule has 0 heterocycles. The maximum absolute atomic E-state index is 12.5. The molecule has 3 N–H and O–H groups in total. The summed E-state index contributed by atoms with van der Waals surface area (Å²) in [5, 5.41) is 13.2. The van der Waals surface area contributed by atoms with Crippen molar-refractivity contribution >= 4 is 16.0 Å². The zero-order valence-electron chi connectivity index (χ0n) is 29.7.